The van der Waals surface area contributed by atoms with Gasteiger partial charge in [-0.05, 0) is 54.8 Å². The van der Waals surface area contributed by atoms with E-state index in [0.717, 1.165) is 26.2 Å². The van der Waals surface area contributed by atoms with E-state index in [1.54, 1.807) is 11.0 Å². The van der Waals surface area contributed by atoms with Crippen LogP contribution in [0.15, 0.2) is 77.3 Å². The highest BCUT2D eigenvalue weighted by molar-refractivity contribution is 9.10. The van der Waals surface area contributed by atoms with Crippen molar-refractivity contribution in [1.29, 1.82) is 0 Å². The normalized spacial score (nSPS) is 12.0. The molecule has 40 heavy (non-hydrogen) atoms. The minimum Gasteiger partial charge on any atom is -0.355 e. The summed E-state index contributed by atoms with van der Waals surface area (Å²) in [4.78, 5) is 28.7. The zero-order valence-corrected chi connectivity index (χ0v) is 26.2. The Bertz CT molecular complexity index is 1420. The molecule has 3 rings (SSSR count). The molecule has 0 aromatic heterocycles. The van der Waals surface area contributed by atoms with Gasteiger partial charge in [-0.1, -0.05) is 81.6 Å². The van der Waals surface area contributed by atoms with Gasteiger partial charge in [0.05, 0.1) is 17.0 Å². The number of nitrogens with one attached hydrogen (secondary N) is 1. The second kappa shape index (κ2) is 14.9. The molecule has 1 unspecified atom stereocenters. The number of benzene rings is 3. The molecule has 0 saturated carbocycles. The van der Waals surface area contributed by atoms with Crippen LogP contribution in [0.5, 0.6) is 0 Å². The Morgan fingerprint density at radius 3 is 2.33 bits per heavy atom. The Morgan fingerprint density at radius 1 is 0.975 bits per heavy atom. The molecule has 3 aromatic rings. The highest BCUT2D eigenvalue weighted by Gasteiger charge is 2.30. The van der Waals surface area contributed by atoms with Gasteiger partial charge in [0.15, 0.2) is 0 Å². The van der Waals surface area contributed by atoms with Crippen LogP contribution in [0.2, 0.25) is 10.0 Å². The molecule has 2 amide bonds. The first-order chi connectivity index (χ1) is 19.0. The summed E-state index contributed by atoms with van der Waals surface area (Å²) in [5.41, 5.74) is 2.03. The third-order valence-corrected chi connectivity index (χ3v) is 8.42. The summed E-state index contributed by atoms with van der Waals surface area (Å²) < 4.78 is 27.3. The number of nitrogens with zero attached hydrogens (tertiary/aromatic N) is 2. The van der Waals surface area contributed by atoms with E-state index in [4.69, 9.17) is 23.2 Å². The average molecular weight is 669 g/mol. The fourth-order valence-corrected chi connectivity index (χ4v) is 6.19. The summed E-state index contributed by atoms with van der Waals surface area (Å²) in [7, 11) is -3.71. The van der Waals surface area contributed by atoms with E-state index >= 15 is 0 Å². The quantitative estimate of drug-likeness (QED) is 0.239. The molecule has 3 aromatic carbocycles. The summed E-state index contributed by atoms with van der Waals surface area (Å²) >= 11 is 15.9. The molecule has 11 heteroatoms. The molecule has 0 aliphatic carbocycles. The third kappa shape index (κ3) is 9.23. The van der Waals surface area contributed by atoms with Crippen LogP contribution in [0, 0.1) is 0 Å². The summed E-state index contributed by atoms with van der Waals surface area (Å²) in [6.45, 7) is 2.48. The van der Waals surface area contributed by atoms with E-state index in [-0.39, 0.29) is 48.5 Å². The second-order valence-corrected chi connectivity index (χ2v) is 13.0. The molecule has 214 valence electrons. The number of hydrogen-bond donors (Lipinski definition) is 1. The summed E-state index contributed by atoms with van der Waals surface area (Å²) in [5.74, 6) is -0.518. The van der Waals surface area contributed by atoms with Crippen molar-refractivity contribution in [3.05, 3.63) is 98.4 Å². The average Bonchev–Trinajstić information content (AvgIpc) is 2.90. The van der Waals surface area contributed by atoms with E-state index in [0.29, 0.717) is 18.0 Å². The highest BCUT2D eigenvalue weighted by atomic mass is 79.9. The lowest BCUT2D eigenvalue weighted by Gasteiger charge is -2.32. The van der Waals surface area contributed by atoms with E-state index in [9.17, 15) is 18.0 Å². The van der Waals surface area contributed by atoms with Crippen LogP contribution in [0.1, 0.15) is 30.9 Å². The van der Waals surface area contributed by atoms with E-state index < -0.39 is 16.1 Å². The number of carbonyl (C=O) groups excluding carboxylic acids is 2. The van der Waals surface area contributed by atoms with Gasteiger partial charge in [-0.15, -0.1) is 0 Å². The molecule has 0 heterocycles. The monoisotopic (exact) mass is 667 g/mol. The van der Waals surface area contributed by atoms with E-state index in [1.807, 2.05) is 61.5 Å². The number of halogens is 3. The Hall–Kier alpha value is -2.59. The lowest BCUT2D eigenvalue weighted by atomic mass is 10.0. The molecule has 0 aliphatic rings. The number of anilines is 1. The highest BCUT2D eigenvalue weighted by Crippen LogP contribution is 2.31. The van der Waals surface area contributed by atoms with Gasteiger partial charge in [0.2, 0.25) is 21.8 Å². The van der Waals surface area contributed by atoms with Crippen LogP contribution in [-0.2, 0) is 32.6 Å². The molecule has 7 nitrogen and oxygen atoms in total. The van der Waals surface area contributed by atoms with Crippen LogP contribution in [0.4, 0.5) is 5.69 Å². The van der Waals surface area contributed by atoms with Crippen LogP contribution in [0.25, 0.3) is 0 Å². The third-order valence-electron chi connectivity index (χ3n) is 6.19. The smallest absolute Gasteiger partial charge is 0.243 e. The molecule has 0 saturated heterocycles. The molecular formula is C29H32BrCl2N3O4S. The van der Waals surface area contributed by atoms with Gasteiger partial charge in [-0.3, -0.25) is 13.9 Å². The van der Waals surface area contributed by atoms with Gasteiger partial charge in [0.25, 0.3) is 0 Å². The summed E-state index contributed by atoms with van der Waals surface area (Å²) in [6.07, 6.45) is 1.64. The SMILES string of the molecule is CCNC(=O)C(Cc1ccccc1)N(Cc1cccc(Br)c1)C(=O)CCCN(c1cc(Cl)ccc1Cl)S(C)(=O)=O. The lowest BCUT2D eigenvalue weighted by Crippen LogP contribution is -2.50. The van der Waals surface area contributed by atoms with Crippen LogP contribution in [0.3, 0.4) is 0 Å². The van der Waals surface area contributed by atoms with Crippen LogP contribution < -0.4 is 9.62 Å². The maximum absolute atomic E-state index is 13.8. The summed E-state index contributed by atoms with van der Waals surface area (Å²) in [5, 5.41) is 3.44. The van der Waals surface area contributed by atoms with Gasteiger partial charge < -0.3 is 10.2 Å². The number of hydrogen-bond acceptors (Lipinski definition) is 4. The van der Waals surface area contributed by atoms with Gasteiger partial charge in [0.1, 0.15) is 6.04 Å². The van der Waals surface area contributed by atoms with Gasteiger partial charge >= 0.3 is 0 Å². The topological polar surface area (TPSA) is 86.8 Å². The molecule has 0 aliphatic heterocycles. The van der Waals surface area contributed by atoms with E-state index in [1.165, 1.54) is 12.1 Å². The number of amides is 2. The first kappa shape index (κ1) is 31.9. The Morgan fingerprint density at radius 2 is 1.68 bits per heavy atom. The van der Waals surface area contributed by atoms with Crippen molar-refractivity contribution in [2.75, 3.05) is 23.7 Å². The zero-order valence-electron chi connectivity index (χ0n) is 22.3. The Labute approximate surface area is 254 Å². The number of likely N-dealkylation sites (N-methyl/N-ethyl adjacent to an activating group) is 1. The molecule has 0 bridgehead atoms. The van der Waals surface area contributed by atoms with Crippen molar-refractivity contribution in [1.82, 2.24) is 10.2 Å². The van der Waals surface area contributed by atoms with Gasteiger partial charge in [0, 0.05) is 42.0 Å². The molecule has 0 fully saturated rings. The maximum atomic E-state index is 13.8. The lowest BCUT2D eigenvalue weighted by molar-refractivity contribution is -0.141. The maximum Gasteiger partial charge on any atom is 0.243 e. The van der Waals surface area contributed by atoms with Crippen molar-refractivity contribution in [2.45, 2.75) is 38.8 Å². The first-order valence-electron chi connectivity index (χ1n) is 12.8. The van der Waals surface area contributed by atoms with Crippen molar-refractivity contribution >= 4 is 66.7 Å². The number of carbonyl (C=O) groups is 2. The van der Waals surface area contributed by atoms with Crippen LogP contribution in [-0.4, -0.2) is 50.5 Å². The fraction of sp³-hybridized carbons (Fsp3) is 0.310. The second-order valence-electron chi connectivity index (χ2n) is 9.29. The van der Waals surface area contributed by atoms with Crippen molar-refractivity contribution < 1.29 is 18.0 Å². The summed E-state index contributed by atoms with van der Waals surface area (Å²) in [6, 6.07) is 20.9. The first-order valence-corrected chi connectivity index (χ1v) is 16.2. The van der Waals surface area contributed by atoms with Crippen molar-refractivity contribution in [3.63, 3.8) is 0 Å². The predicted molar refractivity (Wildman–Crippen MR) is 165 cm³/mol. The molecular weight excluding hydrogens is 637 g/mol. The molecule has 1 atom stereocenters. The molecule has 0 radical (unpaired) electrons. The standard InChI is InChI=1S/C29H32BrCl2N3O4S/c1-3-33-29(37)27(18-21-9-5-4-6-10-21)34(20-22-11-7-12-23(30)17-22)28(36)13-8-16-35(40(2,38)39)26-19-24(31)14-15-25(26)32/h4-7,9-12,14-15,17,19,27H,3,8,13,16,18,20H2,1-2H3,(H,33,37). The van der Waals surface area contributed by atoms with E-state index in [2.05, 4.69) is 21.2 Å². The Balaban J connectivity index is 1.88. The zero-order chi connectivity index (χ0) is 29.3. The van der Waals surface area contributed by atoms with Crippen molar-refractivity contribution in [2.24, 2.45) is 0 Å². The van der Waals surface area contributed by atoms with Gasteiger partial charge in [-0.2, -0.15) is 0 Å². The minimum absolute atomic E-state index is 0.0138. The predicted octanol–water partition coefficient (Wildman–Crippen LogP) is 6.08. The molecule has 1 N–H and O–H groups in total. The number of sulfonamides is 1. The Kier molecular flexibility index (Phi) is 11.9. The molecule has 0 spiro atoms. The van der Waals surface area contributed by atoms with Gasteiger partial charge in [-0.25, -0.2) is 8.42 Å². The van der Waals surface area contributed by atoms with Crippen LogP contribution >= 0.6 is 39.1 Å². The minimum atomic E-state index is -3.71. The number of rotatable bonds is 13. The van der Waals surface area contributed by atoms with Crippen molar-refractivity contribution in [3.8, 4) is 0 Å². The largest absolute Gasteiger partial charge is 0.355 e. The fourth-order valence-electron chi connectivity index (χ4n) is 4.34.